The van der Waals surface area contributed by atoms with Gasteiger partial charge in [-0.25, -0.2) is 9.97 Å². The number of hydrogen-bond acceptors (Lipinski definition) is 5. The lowest BCUT2D eigenvalue weighted by Gasteiger charge is -2.14. The molecule has 0 saturated heterocycles. The molecule has 0 aromatic carbocycles. The summed E-state index contributed by atoms with van der Waals surface area (Å²) in [6.45, 7) is 1.88. The fourth-order valence-electron chi connectivity index (χ4n) is 1.49. The minimum Gasteiger partial charge on any atom is -0.337 e. The van der Waals surface area contributed by atoms with Gasteiger partial charge in [-0.3, -0.25) is 4.79 Å². The molecular formula is C12H13N3OS. The SMILES string of the molecule is CC(=O)CN(C)c1ncc(-c2cccs2)cn1. The first-order valence-electron chi connectivity index (χ1n) is 5.23. The van der Waals surface area contributed by atoms with Crippen LogP contribution in [0.4, 0.5) is 5.95 Å². The van der Waals surface area contributed by atoms with E-state index in [1.807, 2.05) is 24.6 Å². The van der Waals surface area contributed by atoms with Crippen molar-refractivity contribution in [2.24, 2.45) is 0 Å². The summed E-state index contributed by atoms with van der Waals surface area (Å²) in [5.41, 5.74) is 1.000. The molecule has 0 spiro atoms. The van der Waals surface area contributed by atoms with Crippen molar-refractivity contribution in [2.75, 3.05) is 18.5 Å². The van der Waals surface area contributed by atoms with Crippen molar-refractivity contribution in [3.05, 3.63) is 29.9 Å². The maximum Gasteiger partial charge on any atom is 0.225 e. The summed E-state index contributed by atoms with van der Waals surface area (Å²) >= 11 is 1.65. The highest BCUT2D eigenvalue weighted by molar-refractivity contribution is 7.13. The van der Waals surface area contributed by atoms with E-state index >= 15 is 0 Å². The number of anilines is 1. The van der Waals surface area contributed by atoms with Crippen LogP contribution in [-0.2, 0) is 4.79 Å². The van der Waals surface area contributed by atoms with Gasteiger partial charge in [0, 0.05) is 29.9 Å². The Morgan fingerprint density at radius 3 is 2.65 bits per heavy atom. The quantitative estimate of drug-likeness (QED) is 0.831. The topological polar surface area (TPSA) is 46.1 Å². The van der Waals surface area contributed by atoms with E-state index in [0.29, 0.717) is 12.5 Å². The van der Waals surface area contributed by atoms with Crippen LogP contribution in [-0.4, -0.2) is 29.3 Å². The van der Waals surface area contributed by atoms with Gasteiger partial charge < -0.3 is 4.90 Å². The van der Waals surface area contributed by atoms with Crippen LogP contribution in [0.5, 0.6) is 0 Å². The molecule has 17 heavy (non-hydrogen) atoms. The molecule has 88 valence electrons. The summed E-state index contributed by atoms with van der Waals surface area (Å²) < 4.78 is 0. The van der Waals surface area contributed by atoms with E-state index in [1.165, 1.54) is 0 Å². The Kier molecular flexibility index (Phi) is 3.49. The number of carbonyl (C=O) groups excluding carboxylic acids is 1. The van der Waals surface area contributed by atoms with Crippen LogP contribution in [0.25, 0.3) is 10.4 Å². The van der Waals surface area contributed by atoms with Crippen LogP contribution < -0.4 is 4.90 Å². The summed E-state index contributed by atoms with van der Waals surface area (Å²) in [4.78, 5) is 22.4. The predicted molar refractivity (Wildman–Crippen MR) is 69.3 cm³/mol. The largest absolute Gasteiger partial charge is 0.337 e. The van der Waals surface area contributed by atoms with Crippen molar-refractivity contribution in [1.29, 1.82) is 0 Å². The van der Waals surface area contributed by atoms with Crippen molar-refractivity contribution in [1.82, 2.24) is 9.97 Å². The smallest absolute Gasteiger partial charge is 0.225 e. The standard InChI is InChI=1S/C12H13N3OS/c1-9(16)8-15(2)12-13-6-10(7-14-12)11-4-3-5-17-11/h3-7H,8H2,1-2H3. The molecule has 2 aromatic rings. The zero-order chi connectivity index (χ0) is 12.3. The van der Waals surface area contributed by atoms with Gasteiger partial charge in [0.05, 0.1) is 6.54 Å². The van der Waals surface area contributed by atoms with Crippen molar-refractivity contribution in [3.8, 4) is 10.4 Å². The Balaban J connectivity index is 2.15. The molecule has 0 amide bonds. The summed E-state index contributed by atoms with van der Waals surface area (Å²) in [5.74, 6) is 0.666. The van der Waals surface area contributed by atoms with Crippen LogP contribution in [0.15, 0.2) is 29.9 Å². The number of Topliss-reactive ketones (excluding diaryl/α,β-unsaturated/α-hetero) is 1. The molecule has 5 heteroatoms. The lowest BCUT2D eigenvalue weighted by Crippen LogP contribution is -2.25. The van der Waals surface area contributed by atoms with Crippen LogP contribution in [0.3, 0.4) is 0 Å². The zero-order valence-electron chi connectivity index (χ0n) is 9.75. The molecule has 0 saturated carbocycles. The molecule has 0 aliphatic heterocycles. The number of likely N-dealkylation sites (N-methyl/N-ethyl adjacent to an activating group) is 1. The molecule has 0 aliphatic rings. The van der Waals surface area contributed by atoms with Gasteiger partial charge >= 0.3 is 0 Å². The Labute approximate surface area is 104 Å². The van der Waals surface area contributed by atoms with Gasteiger partial charge in [-0.2, -0.15) is 0 Å². The van der Waals surface area contributed by atoms with E-state index in [4.69, 9.17) is 0 Å². The molecule has 0 aliphatic carbocycles. The van der Waals surface area contributed by atoms with E-state index in [-0.39, 0.29) is 5.78 Å². The molecule has 2 aromatic heterocycles. The first-order valence-corrected chi connectivity index (χ1v) is 6.11. The molecule has 0 fully saturated rings. The monoisotopic (exact) mass is 247 g/mol. The third kappa shape index (κ3) is 2.88. The highest BCUT2D eigenvalue weighted by atomic mass is 32.1. The van der Waals surface area contributed by atoms with E-state index in [9.17, 15) is 4.79 Å². The minimum atomic E-state index is 0.0958. The lowest BCUT2D eigenvalue weighted by molar-refractivity contribution is -0.115. The molecule has 0 bridgehead atoms. The van der Waals surface area contributed by atoms with Gasteiger partial charge in [-0.05, 0) is 18.4 Å². The third-order valence-electron chi connectivity index (χ3n) is 2.25. The average Bonchev–Trinajstić information content (AvgIpc) is 2.82. The molecule has 0 radical (unpaired) electrons. The number of ketones is 1. The summed E-state index contributed by atoms with van der Waals surface area (Å²) in [7, 11) is 1.81. The van der Waals surface area contributed by atoms with E-state index < -0.39 is 0 Å². The van der Waals surface area contributed by atoms with Crippen LogP contribution in [0.1, 0.15) is 6.92 Å². The molecule has 4 nitrogen and oxygen atoms in total. The highest BCUT2D eigenvalue weighted by Gasteiger charge is 2.07. The van der Waals surface area contributed by atoms with Gasteiger partial charge in [-0.1, -0.05) is 6.07 Å². The minimum absolute atomic E-state index is 0.0958. The normalized spacial score (nSPS) is 10.2. The first-order chi connectivity index (χ1) is 8.16. The Morgan fingerprint density at radius 2 is 2.12 bits per heavy atom. The molecule has 0 atom stereocenters. The molecule has 0 unspecified atom stereocenters. The van der Waals surface area contributed by atoms with Crippen LogP contribution >= 0.6 is 11.3 Å². The van der Waals surface area contributed by atoms with E-state index in [0.717, 1.165) is 10.4 Å². The van der Waals surface area contributed by atoms with Crippen molar-refractivity contribution in [2.45, 2.75) is 6.92 Å². The van der Waals surface area contributed by atoms with E-state index in [1.54, 1.807) is 35.6 Å². The van der Waals surface area contributed by atoms with Gasteiger partial charge in [0.2, 0.25) is 5.95 Å². The molecule has 2 rings (SSSR count). The van der Waals surface area contributed by atoms with Crippen molar-refractivity contribution in [3.63, 3.8) is 0 Å². The van der Waals surface area contributed by atoms with Crippen LogP contribution in [0.2, 0.25) is 0 Å². The second-order valence-corrected chi connectivity index (χ2v) is 4.75. The molecule has 0 N–H and O–H groups in total. The van der Waals surface area contributed by atoms with Crippen LogP contribution in [0, 0.1) is 0 Å². The molecule has 2 heterocycles. The average molecular weight is 247 g/mol. The Bertz CT molecular complexity index is 493. The lowest BCUT2D eigenvalue weighted by atomic mass is 10.3. The maximum absolute atomic E-state index is 11.0. The molecular weight excluding hydrogens is 234 g/mol. The first kappa shape index (κ1) is 11.7. The highest BCUT2D eigenvalue weighted by Crippen LogP contribution is 2.23. The maximum atomic E-state index is 11.0. The Hall–Kier alpha value is -1.75. The van der Waals surface area contributed by atoms with E-state index in [2.05, 4.69) is 9.97 Å². The summed E-state index contributed by atoms with van der Waals surface area (Å²) in [6.07, 6.45) is 3.57. The second kappa shape index (κ2) is 5.05. The van der Waals surface area contributed by atoms with Gasteiger partial charge in [0.25, 0.3) is 0 Å². The fraction of sp³-hybridized carbons (Fsp3) is 0.250. The van der Waals surface area contributed by atoms with Crippen molar-refractivity contribution >= 4 is 23.1 Å². The van der Waals surface area contributed by atoms with Gasteiger partial charge in [0.15, 0.2) is 0 Å². The van der Waals surface area contributed by atoms with Gasteiger partial charge in [-0.15, -0.1) is 11.3 Å². The Morgan fingerprint density at radius 1 is 1.41 bits per heavy atom. The fourth-order valence-corrected chi connectivity index (χ4v) is 2.20. The van der Waals surface area contributed by atoms with Gasteiger partial charge in [0.1, 0.15) is 5.78 Å². The number of aromatic nitrogens is 2. The number of carbonyl (C=O) groups is 1. The second-order valence-electron chi connectivity index (χ2n) is 3.81. The predicted octanol–water partition coefficient (Wildman–Crippen LogP) is 2.23. The number of rotatable bonds is 4. The third-order valence-corrected chi connectivity index (χ3v) is 3.16. The number of hydrogen-bond donors (Lipinski definition) is 0. The summed E-state index contributed by atoms with van der Waals surface area (Å²) in [6, 6.07) is 4.03. The van der Waals surface area contributed by atoms with Crippen molar-refractivity contribution < 1.29 is 4.79 Å². The summed E-state index contributed by atoms with van der Waals surface area (Å²) in [5, 5.41) is 2.02. The number of nitrogens with zero attached hydrogens (tertiary/aromatic N) is 3. The zero-order valence-corrected chi connectivity index (χ0v) is 10.6. The number of thiophene rings is 1.